The van der Waals surface area contributed by atoms with E-state index < -0.39 is 0 Å². The molecule has 0 aromatic rings. The number of likely N-dealkylation sites (N-methyl/N-ethyl adjacent to an activating group) is 1. The third kappa shape index (κ3) is 6.27. The van der Waals surface area contributed by atoms with Crippen LogP contribution >= 0.6 is 0 Å². The van der Waals surface area contributed by atoms with Crippen molar-refractivity contribution >= 4 is 11.9 Å². The number of hydrogen-bond acceptors (Lipinski definition) is 5. The maximum absolute atomic E-state index is 12.3. The normalized spacial score (nSPS) is 14.2. The maximum Gasteiger partial charge on any atom is 0.306 e. The third-order valence-electron chi connectivity index (χ3n) is 3.65. The summed E-state index contributed by atoms with van der Waals surface area (Å²) in [6.07, 6.45) is 5.51. The van der Waals surface area contributed by atoms with E-state index in [1.165, 1.54) is 7.11 Å². The monoisotopic (exact) mass is 298 g/mol. The Kier molecular flexibility index (Phi) is 8.00. The number of amides is 1. The van der Waals surface area contributed by atoms with Gasteiger partial charge in [0.25, 0.3) is 0 Å². The van der Waals surface area contributed by atoms with Gasteiger partial charge in [0.2, 0.25) is 5.91 Å². The Morgan fingerprint density at radius 1 is 1.29 bits per heavy atom. The molecule has 0 fully saturated rings. The van der Waals surface area contributed by atoms with Crippen LogP contribution in [0.3, 0.4) is 0 Å². The predicted octanol–water partition coefficient (Wildman–Crippen LogP) is 1.02. The lowest BCUT2D eigenvalue weighted by Crippen LogP contribution is -2.40. The zero-order chi connectivity index (χ0) is 15.7. The lowest BCUT2D eigenvalue weighted by Gasteiger charge is -2.25. The third-order valence-corrected chi connectivity index (χ3v) is 3.65. The van der Waals surface area contributed by atoms with Gasteiger partial charge in [-0.2, -0.15) is 0 Å². The van der Waals surface area contributed by atoms with Crippen LogP contribution < -0.4 is 0 Å². The zero-order valence-corrected chi connectivity index (χ0v) is 13.3. The first-order valence-electron chi connectivity index (χ1n) is 7.32. The first kappa shape index (κ1) is 17.7. The quantitative estimate of drug-likeness (QED) is 0.595. The Morgan fingerprint density at radius 3 is 2.62 bits per heavy atom. The van der Waals surface area contributed by atoms with Crippen LogP contribution in [0.5, 0.6) is 0 Å². The minimum atomic E-state index is -0.267. The Morgan fingerprint density at radius 2 is 2.05 bits per heavy atom. The second kappa shape index (κ2) is 9.52. The SMILES string of the molecule is COCCN(CCC(=O)OC)CC(=O)N(C)C1=CCCC1. The molecule has 0 radical (unpaired) electrons. The van der Waals surface area contributed by atoms with Gasteiger partial charge in [-0.25, -0.2) is 0 Å². The van der Waals surface area contributed by atoms with Gasteiger partial charge in [-0.3, -0.25) is 14.5 Å². The molecule has 1 aliphatic carbocycles. The standard InChI is InChI=1S/C15H26N2O4/c1-16(13-6-4-5-7-13)14(18)12-17(10-11-20-2)9-8-15(19)21-3/h6H,4-5,7-12H2,1-3H3. The highest BCUT2D eigenvalue weighted by atomic mass is 16.5. The topological polar surface area (TPSA) is 59.1 Å². The van der Waals surface area contributed by atoms with Crippen LogP contribution in [0.25, 0.3) is 0 Å². The largest absolute Gasteiger partial charge is 0.469 e. The highest BCUT2D eigenvalue weighted by Gasteiger charge is 2.19. The van der Waals surface area contributed by atoms with Crippen molar-refractivity contribution < 1.29 is 19.1 Å². The molecule has 6 heteroatoms. The molecule has 0 bridgehead atoms. The average molecular weight is 298 g/mol. The van der Waals surface area contributed by atoms with Crippen molar-refractivity contribution in [3.8, 4) is 0 Å². The van der Waals surface area contributed by atoms with Gasteiger partial charge in [0.15, 0.2) is 0 Å². The molecule has 0 aliphatic heterocycles. The van der Waals surface area contributed by atoms with Crippen molar-refractivity contribution in [2.24, 2.45) is 0 Å². The Hall–Kier alpha value is -1.40. The maximum atomic E-state index is 12.3. The minimum Gasteiger partial charge on any atom is -0.469 e. The van der Waals surface area contributed by atoms with Gasteiger partial charge in [-0.1, -0.05) is 6.08 Å². The molecule has 1 aliphatic rings. The van der Waals surface area contributed by atoms with Gasteiger partial charge in [0, 0.05) is 32.9 Å². The van der Waals surface area contributed by atoms with Gasteiger partial charge in [-0.15, -0.1) is 0 Å². The number of rotatable bonds is 9. The van der Waals surface area contributed by atoms with E-state index in [1.807, 2.05) is 11.9 Å². The molecule has 0 aromatic heterocycles. The second-order valence-corrected chi connectivity index (χ2v) is 5.14. The molecule has 0 N–H and O–H groups in total. The number of carbonyl (C=O) groups is 2. The molecule has 120 valence electrons. The number of allylic oxidation sites excluding steroid dienone is 2. The lowest BCUT2D eigenvalue weighted by molar-refractivity contribution is -0.141. The summed E-state index contributed by atoms with van der Waals surface area (Å²) in [6.45, 7) is 1.93. The van der Waals surface area contributed by atoms with Crippen molar-refractivity contribution in [2.75, 3.05) is 47.5 Å². The van der Waals surface area contributed by atoms with E-state index in [-0.39, 0.29) is 24.8 Å². The van der Waals surface area contributed by atoms with E-state index in [0.29, 0.717) is 19.7 Å². The van der Waals surface area contributed by atoms with Crippen molar-refractivity contribution in [3.05, 3.63) is 11.8 Å². The van der Waals surface area contributed by atoms with E-state index in [4.69, 9.17) is 4.74 Å². The van der Waals surface area contributed by atoms with E-state index in [0.717, 1.165) is 25.0 Å². The first-order valence-corrected chi connectivity index (χ1v) is 7.32. The Balaban J connectivity index is 2.49. The van der Waals surface area contributed by atoms with E-state index >= 15 is 0 Å². The summed E-state index contributed by atoms with van der Waals surface area (Å²) in [5.41, 5.74) is 1.10. The summed E-state index contributed by atoms with van der Waals surface area (Å²) in [7, 11) is 4.80. The summed E-state index contributed by atoms with van der Waals surface area (Å²) in [5.74, 6) is -0.221. The molecule has 0 spiro atoms. The first-order chi connectivity index (χ1) is 10.1. The fraction of sp³-hybridized carbons (Fsp3) is 0.733. The molecule has 0 saturated heterocycles. The van der Waals surface area contributed by atoms with Gasteiger partial charge in [0.1, 0.15) is 0 Å². The molecule has 0 unspecified atom stereocenters. The summed E-state index contributed by atoms with van der Waals surface area (Å²) in [4.78, 5) is 27.2. The van der Waals surface area contributed by atoms with Gasteiger partial charge in [0.05, 0.1) is 26.7 Å². The van der Waals surface area contributed by atoms with Crippen molar-refractivity contribution in [1.82, 2.24) is 9.80 Å². The van der Waals surface area contributed by atoms with Crippen LogP contribution in [0.15, 0.2) is 11.8 Å². The van der Waals surface area contributed by atoms with Gasteiger partial charge >= 0.3 is 5.97 Å². The molecule has 6 nitrogen and oxygen atoms in total. The van der Waals surface area contributed by atoms with E-state index in [9.17, 15) is 9.59 Å². The summed E-state index contributed by atoms with van der Waals surface area (Å²) in [5, 5.41) is 0. The summed E-state index contributed by atoms with van der Waals surface area (Å²) < 4.78 is 9.69. The smallest absolute Gasteiger partial charge is 0.306 e. The summed E-state index contributed by atoms with van der Waals surface area (Å²) >= 11 is 0. The van der Waals surface area contributed by atoms with Crippen molar-refractivity contribution in [3.63, 3.8) is 0 Å². The molecule has 1 amide bonds. The molecule has 0 aromatic carbocycles. The molecular formula is C15H26N2O4. The number of esters is 1. The molecule has 21 heavy (non-hydrogen) atoms. The average Bonchev–Trinajstić information content (AvgIpc) is 3.02. The van der Waals surface area contributed by atoms with E-state index in [2.05, 4.69) is 10.8 Å². The molecule has 0 heterocycles. The predicted molar refractivity (Wildman–Crippen MR) is 79.7 cm³/mol. The highest BCUT2D eigenvalue weighted by Crippen LogP contribution is 2.20. The van der Waals surface area contributed by atoms with Crippen molar-refractivity contribution in [1.29, 1.82) is 0 Å². The number of hydrogen-bond donors (Lipinski definition) is 0. The Bertz CT molecular complexity index is 382. The van der Waals surface area contributed by atoms with Crippen LogP contribution in [0.1, 0.15) is 25.7 Å². The van der Waals surface area contributed by atoms with E-state index in [1.54, 1.807) is 12.0 Å². The van der Waals surface area contributed by atoms with Gasteiger partial charge in [-0.05, 0) is 19.3 Å². The molecule has 0 saturated carbocycles. The second-order valence-electron chi connectivity index (χ2n) is 5.14. The number of carbonyl (C=O) groups excluding carboxylic acids is 2. The molecule has 0 atom stereocenters. The highest BCUT2D eigenvalue weighted by molar-refractivity contribution is 5.80. The Labute approximate surface area is 126 Å². The molecule has 1 rings (SSSR count). The minimum absolute atomic E-state index is 0.0455. The zero-order valence-electron chi connectivity index (χ0n) is 13.3. The number of nitrogens with zero attached hydrogens (tertiary/aromatic N) is 2. The fourth-order valence-electron chi connectivity index (χ4n) is 2.26. The lowest BCUT2D eigenvalue weighted by atomic mass is 10.3. The van der Waals surface area contributed by atoms with Crippen LogP contribution in [0, 0.1) is 0 Å². The molecular weight excluding hydrogens is 272 g/mol. The number of methoxy groups -OCH3 is 2. The van der Waals surface area contributed by atoms with Gasteiger partial charge < -0.3 is 14.4 Å². The van der Waals surface area contributed by atoms with Crippen LogP contribution in [-0.2, 0) is 19.1 Å². The van der Waals surface area contributed by atoms with Crippen molar-refractivity contribution in [2.45, 2.75) is 25.7 Å². The summed E-state index contributed by atoms with van der Waals surface area (Å²) in [6, 6.07) is 0. The van der Waals surface area contributed by atoms with Crippen LogP contribution in [0.4, 0.5) is 0 Å². The fourth-order valence-corrected chi connectivity index (χ4v) is 2.26. The van der Waals surface area contributed by atoms with Crippen LogP contribution in [0.2, 0.25) is 0 Å². The van der Waals surface area contributed by atoms with Crippen LogP contribution in [-0.4, -0.2) is 69.2 Å². The number of ether oxygens (including phenoxy) is 2.